The van der Waals surface area contributed by atoms with Crippen LogP contribution in [0.4, 0.5) is 0 Å². The molecule has 0 saturated carbocycles. The zero-order valence-electron chi connectivity index (χ0n) is 20.2. The van der Waals surface area contributed by atoms with Crippen LogP contribution < -0.4 is 4.74 Å². The van der Waals surface area contributed by atoms with Gasteiger partial charge in [0.1, 0.15) is 12.4 Å². The first kappa shape index (κ1) is 24.0. The van der Waals surface area contributed by atoms with Crippen molar-refractivity contribution in [1.29, 1.82) is 0 Å². The third-order valence-corrected chi connectivity index (χ3v) is 8.81. The second-order valence-corrected chi connectivity index (χ2v) is 12.5. The summed E-state index contributed by atoms with van der Waals surface area (Å²) < 4.78 is 19.4. The highest BCUT2D eigenvalue weighted by Crippen LogP contribution is 2.40. The van der Waals surface area contributed by atoms with Crippen LogP contribution in [0.3, 0.4) is 0 Å². The van der Waals surface area contributed by atoms with E-state index >= 15 is 0 Å². The highest BCUT2D eigenvalue weighted by molar-refractivity contribution is 7.99. The summed E-state index contributed by atoms with van der Waals surface area (Å²) in [7, 11) is -2.29. The van der Waals surface area contributed by atoms with Crippen LogP contribution in [0.2, 0.25) is 0 Å². The lowest BCUT2D eigenvalue weighted by atomic mass is 10.0. The Hall–Kier alpha value is -3.68. The first-order valence-corrected chi connectivity index (χ1v) is 14.3. The zero-order chi connectivity index (χ0) is 25.6. The van der Waals surface area contributed by atoms with Gasteiger partial charge in [0.25, 0.3) is 0 Å². The van der Waals surface area contributed by atoms with Crippen molar-refractivity contribution in [2.45, 2.75) is 25.3 Å². The van der Waals surface area contributed by atoms with Gasteiger partial charge in [0.05, 0.1) is 27.0 Å². The lowest BCUT2D eigenvalue weighted by molar-refractivity contribution is 0.0698. The van der Waals surface area contributed by atoms with Crippen LogP contribution in [-0.4, -0.2) is 32.4 Å². The van der Waals surface area contributed by atoms with Gasteiger partial charge in [0, 0.05) is 15.9 Å². The number of carboxylic acid groups (broad SMARTS) is 1. The van der Waals surface area contributed by atoms with Crippen molar-refractivity contribution in [2.75, 3.05) is 6.26 Å². The minimum absolute atomic E-state index is 0.156. The zero-order valence-corrected chi connectivity index (χ0v) is 21.8. The molecule has 3 aromatic carbocycles. The summed E-state index contributed by atoms with van der Waals surface area (Å²) in [6.45, 7) is 4.20. The van der Waals surface area contributed by atoms with Crippen LogP contribution in [0.25, 0.3) is 31.6 Å². The average molecular weight is 516 g/mol. The largest absolute Gasteiger partial charge is 0.488 e. The SMILES string of the molecule is C=S(C)(=O)c1ccc(COc2ccc(C)c3nc(-c4sc5ccccc5c4C)cc(C(=O)O)c23)cc1. The molecule has 2 aromatic heterocycles. The highest BCUT2D eigenvalue weighted by atomic mass is 32.2. The number of aryl methyl sites for hydroxylation is 2. The first-order valence-electron chi connectivity index (χ1n) is 11.3. The smallest absolute Gasteiger partial charge is 0.336 e. The topological polar surface area (TPSA) is 76.5 Å². The molecule has 5 rings (SSSR count). The maximum atomic E-state index is 12.4. The van der Waals surface area contributed by atoms with Crippen molar-refractivity contribution in [3.05, 3.63) is 89.0 Å². The Kier molecular flexibility index (Phi) is 6.06. The van der Waals surface area contributed by atoms with Gasteiger partial charge in [-0.2, -0.15) is 0 Å². The maximum absolute atomic E-state index is 12.4. The van der Waals surface area contributed by atoms with Gasteiger partial charge in [-0.25, -0.2) is 9.78 Å². The first-order chi connectivity index (χ1) is 17.1. The molecule has 0 aliphatic carbocycles. The summed E-state index contributed by atoms with van der Waals surface area (Å²) in [5.41, 5.74) is 4.24. The Balaban J connectivity index is 1.59. The fraction of sp³-hybridized carbons (Fsp3) is 0.138. The van der Waals surface area contributed by atoms with E-state index in [1.165, 1.54) is 0 Å². The molecule has 0 fully saturated rings. The molecule has 182 valence electrons. The molecular weight excluding hydrogens is 490 g/mol. The molecule has 2 heterocycles. The van der Waals surface area contributed by atoms with Crippen molar-refractivity contribution in [1.82, 2.24) is 4.98 Å². The van der Waals surface area contributed by atoms with Crippen LogP contribution in [0.15, 0.2) is 71.6 Å². The van der Waals surface area contributed by atoms with Gasteiger partial charge in [-0.05, 0) is 81.6 Å². The Morgan fingerprint density at radius 1 is 1.08 bits per heavy atom. The summed E-state index contributed by atoms with van der Waals surface area (Å²) >= 11 is 1.61. The van der Waals surface area contributed by atoms with Crippen LogP contribution in [0.1, 0.15) is 27.0 Å². The third-order valence-electron chi connectivity index (χ3n) is 6.25. The number of aromatic carboxylic acids is 1. The van der Waals surface area contributed by atoms with Gasteiger partial charge >= 0.3 is 5.97 Å². The number of nitrogens with zero attached hydrogens (tertiary/aromatic N) is 1. The molecule has 0 spiro atoms. The van der Waals surface area contributed by atoms with Gasteiger partial charge in [0.2, 0.25) is 0 Å². The van der Waals surface area contributed by atoms with Gasteiger partial charge in [0.15, 0.2) is 0 Å². The lowest BCUT2D eigenvalue weighted by Gasteiger charge is -2.14. The fourth-order valence-electron chi connectivity index (χ4n) is 4.30. The van der Waals surface area contributed by atoms with Crippen molar-refractivity contribution < 1.29 is 18.8 Å². The predicted octanol–water partition coefficient (Wildman–Crippen LogP) is 6.72. The second kappa shape index (κ2) is 9.08. The number of rotatable bonds is 6. The number of carboxylic acids is 1. The average Bonchev–Trinajstić information content (AvgIpc) is 3.19. The number of hydrogen-bond donors (Lipinski definition) is 1. The predicted molar refractivity (Wildman–Crippen MR) is 149 cm³/mol. The number of thiophene rings is 1. The van der Waals surface area contributed by atoms with Crippen molar-refractivity contribution in [3.63, 3.8) is 0 Å². The van der Waals surface area contributed by atoms with Crippen LogP contribution in [0.5, 0.6) is 5.75 Å². The van der Waals surface area contributed by atoms with E-state index < -0.39 is 15.5 Å². The summed E-state index contributed by atoms with van der Waals surface area (Å²) in [5, 5.41) is 11.8. The van der Waals surface area contributed by atoms with E-state index in [1.54, 1.807) is 41.9 Å². The van der Waals surface area contributed by atoms with Gasteiger partial charge in [-0.3, -0.25) is 4.21 Å². The van der Waals surface area contributed by atoms with Crippen LogP contribution in [-0.2, 0) is 16.1 Å². The van der Waals surface area contributed by atoms with E-state index in [0.29, 0.717) is 27.2 Å². The van der Waals surface area contributed by atoms with Gasteiger partial charge in [-0.1, -0.05) is 36.4 Å². The van der Waals surface area contributed by atoms with Crippen molar-refractivity contribution >= 4 is 53.7 Å². The quantitative estimate of drug-likeness (QED) is 0.254. The Morgan fingerprint density at radius 3 is 2.47 bits per heavy atom. The number of ether oxygens (including phenoxy) is 1. The lowest BCUT2D eigenvalue weighted by Crippen LogP contribution is -2.04. The molecule has 0 aliphatic heterocycles. The Labute approximate surface area is 214 Å². The monoisotopic (exact) mass is 515 g/mol. The molecule has 1 unspecified atom stereocenters. The molecule has 0 amide bonds. The molecule has 5 aromatic rings. The van der Waals surface area contributed by atoms with Gasteiger partial charge < -0.3 is 9.84 Å². The van der Waals surface area contributed by atoms with Crippen molar-refractivity contribution in [3.8, 4) is 16.3 Å². The standard InChI is InChI=1S/C29H25NO4S2/c1-17-9-14-24(34-16-19-10-12-20(13-11-19)36(3,4)33)26-22(29(31)32)15-23(30-27(17)26)28-18(2)21-7-5-6-8-25(21)35-28/h5-15H,3,16H2,1-2,4H3,(H,31,32). The number of hydrogen-bond acceptors (Lipinski definition) is 5. The minimum Gasteiger partial charge on any atom is -0.488 e. The van der Waals surface area contributed by atoms with E-state index in [2.05, 4.69) is 18.0 Å². The molecule has 0 aliphatic rings. The molecular formula is C29H25NO4S2. The number of aromatic nitrogens is 1. The second-order valence-electron chi connectivity index (χ2n) is 8.95. The molecule has 7 heteroatoms. The molecule has 0 saturated heterocycles. The van der Waals surface area contributed by atoms with E-state index in [-0.39, 0.29) is 12.2 Å². The van der Waals surface area contributed by atoms with E-state index in [1.807, 2.05) is 44.2 Å². The molecule has 1 N–H and O–H groups in total. The molecule has 1 atom stereocenters. The molecule has 0 radical (unpaired) electrons. The van der Waals surface area contributed by atoms with E-state index in [9.17, 15) is 14.1 Å². The number of fused-ring (bicyclic) bond motifs is 2. The van der Waals surface area contributed by atoms with E-state index in [4.69, 9.17) is 9.72 Å². The minimum atomic E-state index is -2.29. The van der Waals surface area contributed by atoms with Crippen LogP contribution in [0, 0.1) is 13.8 Å². The third kappa shape index (κ3) is 4.36. The van der Waals surface area contributed by atoms with Gasteiger partial charge in [-0.15, -0.1) is 11.3 Å². The summed E-state index contributed by atoms with van der Waals surface area (Å²) in [6.07, 6.45) is 1.60. The fourth-order valence-corrected chi connectivity index (χ4v) is 6.18. The number of pyridine rings is 1. The molecule has 0 bridgehead atoms. The van der Waals surface area contributed by atoms with Crippen LogP contribution >= 0.6 is 11.3 Å². The number of carbonyl (C=O) groups is 1. The van der Waals surface area contributed by atoms with E-state index in [0.717, 1.165) is 31.7 Å². The Morgan fingerprint density at radius 2 is 1.81 bits per heavy atom. The summed E-state index contributed by atoms with van der Waals surface area (Å²) in [6, 6.07) is 20.7. The normalized spacial score (nSPS) is 13.1. The van der Waals surface area contributed by atoms with Crippen molar-refractivity contribution in [2.24, 2.45) is 0 Å². The molecule has 36 heavy (non-hydrogen) atoms. The maximum Gasteiger partial charge on any atom is 0.336 e. The number of benzene rings is 3. The highest BCUT2D eigenvalue weighted by Gasteiger charge is 2.21. The molecule has 5 nitrogen and oxygen atoms in total. The summed E-state index contributed by atoms with van der Waals surface area (Å²) in [5.74, 6) is 3.14. The Bertz CT molecular complexity index is 1750. The summed E-state index contributed by atoms with van der Waals surface area (Å²) in [4.78, 5) is 19.0.